The number of ether oxygens (including phenoxy) is 1. The molecule has 1 aromatic carbocycles. The third-order valence-corrected chi connectivity index (χ3v) is 3.55. The summed E-state index contributed by atoms with van der Waals surface area (Å²) in [6.45, 7) is 3.63. The molecule has 0 spiro atoms. The Balaban J connectivity index is 1.68. The Hall–Kier alpha value is -1.88. The molecule has 5 heteroatoms. The molecule has 0 radical (unpaired) electrons. The van der Waals surface area contributed by atoms with Crippen LogP contribution in [-0.2, 0) is 14.3 Å². The molecule has 21 heavy (non-hydrogen) atoms. The summed E-state index contributed by atoms with van der Waals surface area (Å²) in [5, 5.41) is 5.65. The Morgan fingerprint density at radius 3 is 2.76 bits per heavy atom. The van der Waals surface area contributed by atoms with Gasteiger partial charge in [0.15, 0.2) is 0 Å². The van der Waals surface area contributed by atoms with E-state index < -0.39 is 0 Å². The van der Waals surface area contributed by atoms with Crippen molar-refractivity contribution in [3.63, 3.8) is 0 Å². The highest BCUT2D eigenvalue weighted by Crippen LogP contribution is 2.14. The lowest BCUT2D eigenvalue weighted by Crippen LogP contribution is -2.35. The molecule has 1 aliphatic rings. The maximum absolute atomic E-state index is 11.9. The van der Waals surface area contributed by atoms with Gasteiger partial charge in [-0.2, -0.15) is 0 Å². The molecule has 0 bridgehead atoms. The van der Waals surface area contributed by atoms with Gasteiger partial charge in [-0.25, -0.2) is 0 Å². The molecular formula is C16H22N2O3. The molecule has 2 amide bonds. The maximum atomic E-state index is 11.9. The van der Waals surface area contributed by atoms with Crippen LogP contribution in [0.4, 0.5) is 5.69 Å². The molecule has 0 unspecified atom stereocenters. The highest BCUT2D eigenvalue weighted by molar-refractivity contribution is 5.91. The van der Waals surface area contributed by atoms with Crippen LogP contribution in [0.25, 0.3) is 0 Å². The quantitative estimate of drug-likeness (QED) is 0.870. The third kappa shape index (κ3) is 5.19. The second-order valence-corrected chi connectivity index (χ2v) is 5.35. The molecule has 2 N–H and O–H groups in total. The standard InChI is InChI=1S/C16H22N2O3/c1-12-3-2-4-14(11-12)18-15(19)5-8-17-16(20)13-6-9-21-10-7-13/h2-4,11,13H,5-10H2,1H3,(H,17,20)(H,18,19). The van der Waals surface area contributed by atoms with Crippen molar-refractivity contribution in [1.29, 1.82) is 0 Å². The largest absolute Gasteiger partial charge is 0.381 e. The number of anilines is 1. The van der Waals surface area contributed by atoms with E-state index in [-0.39, 0.29) is 24.2 Å². The summed E-state index contributed by atoms with van der Waals surface area (Å²) in [6, 6.07) is 7.64. The predicted molar refractivity (Wildman–Crippen MR) is 81.0 cm³/mol. The van der Waals surface area contributed by atoms with Gasteiger partial charge in [-0.1, -0.05) is 12.1 Å². The van der Waals surface area contributed by atoms with E-state index in [1.165, 1.54) is 0 Å². The van der Waals surface area contributed by atoms with E-state index in [0.29, 0.717) is 19.8 Å². The van der Waals surface area contributed by atoms with Gasteiger partial charge in [0, 0.05) is 37.8 Å². The molecule has 1 aliphatic heterocycles. The first-order valence-corrected chi connectivity index (χ1v) is 7.37. The second-order valence-electron chi connectivity index (χ2n) is 5.35. The van der Waals surface area contributed by atoms with Crippen LogP contribution >= 0.6 is 0 Å². The molecule has 2 rings (SSSR count). The van der Waals surface area contributed by atoms with Crippen molar-refractivity contribution in [2.24, 2.45) is 5.92 Å². The summed E-state index contributed by atoms with van der Waals surface area (Å²) >= 11 is 0. The van der Waals surface area contributed by atoms with Crippen LogP contribution in [0.1, 0.15) is 24.8 Å². The topological polar surface area (TPSA) is 67.4 Å². The smallest absolute Gasteiger partial charge is 0.226 e. The summed E-state index contributed by atoms with van der Waals surface area (Å²) in [5.74, 6) is -0.0342. The zero-order chi connectivity index (χ0) is 15.1. The monoisotopic (exact) mass is 290 g/mol. The maximum Gasteiger partial charge on any atom is 0.226 e. The molecule has 1 heterocycles. The fourth-order valence-corrected chi connectivity index (χ4v) is 2.35. The fourth-order valence-electron chi connectivity index (χ4n) is 2.35. The molecule has 0 atom stereocenters. The van der Waals surface area contributed by atoms with Crippen molar-refractivity contribution >= 4 is 17.5 Å². The molecule has 1 fully saturated rings. The van der Waals surface area contributed by atoms with Crippen molar-refractivity contribution in [2.45, 2.75) is 26.2 Å². The Labute approximate surface area is 125 Å². The molecule has 5 nitrogen and oxygen atoms in total. The fraction of sp³-hybridized carbons (Fsp3) is 0.500. The summed E-state index contributed by atoms with van der Waals surface area (Å²) in [7, 11) is 0. The molecule has 1 saturated heterocycles. The van der Waals surface area contributed by atoms with Gasteiger partial charge in [0.2, 0.25) is 11.8 Å². The van der Waals surface area contributed by atoms with Crippen molar-refractivity contribution in [1.82, 2.24) is 5.32 Å². The van der Waals surface area contributed by atoms with Gasteiger partial charge in [-0.3, -0.25) is 9.59 Å². The van der Waals surface area contributed by atoms with E-state index in [1.807, 2.05) is 31.2 Å². The minimum Gasteiger partial charge on any atom is -0.381 e. The van der Waals surface area contributed by atoms with E-state index >= 15 is 0 Å². The van der Waals surface area contributed by atoms with E-state index in [0.717, 1.165) is 24.1 Å². The Kier molecular flexibility index (Phi) is 5.75. The molecule has 1 aromatic rings. The third-order valence-electron chi connectivity index (χ3n) is 3.55. The molecule has 0 saturated carbocycles. The first-order chi connectivity index (χ1) is 10.1. The minimum absolute atomic E-state index is 0.0265. The molecule has 0 aromatic heterocycles. The summed E-state index contributed by atoms with van der Waals surface area (Å²) < 4.78 is 5.22. The number of nitrogens with one attached hydrogen (secondary N) is 2. The van der Waals surface area contributed by atoms with Crippen LogP contribution in [0.2, 0.25) is 0 Å². The average Bonchev–Trinajstić information content (AvgIpc) is 2.48. The lowest BCUT2D eigenvalue weighted by Gasteiger charge is -2.21. The zero-order valence-electron chi connectivity index (χ0n) is 12.4. The SMILES string of the molecule is Cc1cccc(NC(=O)CCNC(=O)C2CCOCC2)c1. The van der Waals surface area contributed by atoms with Crippen LogP contribution in [0, 0.1) is 12.8 Å². The highest BCUT2D eigenvalue weighted by atomic mass is 16.5. The van der Waals surface area contributed by atoms with Crippen molar-refractivity contribution in [2.75, 3.05) is 25.1 Å². The van der Waals surface area contributed by atoms with E-state index in [2.05, 4.69) is 10.6 Å². The number of carbonyl (C=O) groups is 2. The van der Waals surface area contributed by atoms with Gasteiger partial charge in [-0.15, -0.1) is 0 Å². The Bertz CT molecular complexity index is 496. The number of hydrogen-bond donors (Lipinski definition) is 2. The van der Waals surface area contributed by atoms with Gasteiger partial charge < -0.3 is 15.4 Å². The van der Waals surface area contributed by atoms with E-state index in [4.69, 9.17) is 4.74 Å². The number of amides is 2. The van der Waals surface area contributed by atoms with Gasteiger partial charge in [0.1, 0.15) is 0 Å². The zero-order valence-corrected chi connectivity index (χ0v) is 12.4. The summed E-state index contributed by atoms with van der Waals surface area (Å²) in [5.41, 5.74) is 1.89. The normalized spacial score (nSPS) is 15.5. The first kappa shape index (κ1) is 15.5. The number of carbonyl (C=O) groups excluding carboxylic acids is 2. The summed E-state index contributed by atoms with van der Waals surface area (Å²) in [6.07, 6.45) is 1.81. The predicted octanol–water partition coefficient (Wildman–Crippen LogP) is 1.87. The van der Waals surface area contributed by atoms with Crippen molar-refractivity contribution in [3.8, 4) is 0 Å². The van der Waals surface area contributed by atoms with E-state index in [1.54, 1.807) is 0 Å². The van der Waals surface area contributed by atoms with Gasteiger partial charge >= 0.3 is 0 Å². The van der Waals surface area contributed by atoms with Crippen molar-refractivity contribution < 1.29 is 14.3 Å². The Morgan fingerprint density at radius 2 is 2.05 bits per heavy atom. The van der Waals surface area contributed by atoms with Crippen LogP contribution in [0.3, 0.4) is 0 Å². The van der Waals surface area contributed by atoms with Crippen LogP contribution in [0.5, 0.6) is 0 Å². The van der Waals surface area contributed by atoms with Gasteiger partial charge in [0.25, 0.3) is 0 Å². The number of benzene rings is 1. The van der Waals surface area contributed by atoms with Crippen LogP contribution in [-0.4, -0.2) is 31.6 Å². The van der Waals surface area contributed by atoms with Crippen LogP contribution < -0.4 is 10.6 Å². The average molecular weight is 290 g/mol. The molecular weight excluding hydrogens is 268 g/mol. The van der Waals surface area contributed by atoms with Crippen LogP contribution in [0.15, 0.2) is 24.3 Å². The molecule has 0 aliphatic carbocycles. The summed E-state index contributed by atoms with van der Waals surface area (Å²) in [4.78, 5) is 23.7. The lowest BCUT2D eigenvalue weighted by molar-refractivity contribution is -0.127. The van der Waals surface area contributed by atoms with E-state index in [9.17, 15) is 9.59 Å². The molecule has 114 valence electrons. The van der Waals surface area contributed by atoms with Gasteiger partial charge in [-0.05, 0) is 37.5 Å². The highest BCUT2D eigenvalue weighted by Gasteiger charge is 2.21. The van der Waals surface area contributed by atoms with Crippen molar-refractivity contribution in [3.05, 3.63) is 29.8 Å². The Morgan fingerprint density at radius 1 is 1.29 bits per heavy atom. The number of aryl methyl sites for hydroxylation is 1. The lowest BCUT2D eigenvalue weighted by atomic mass is 9.99. The minimum atomic E-state index is -0.0899. The second kappa shape index (κ2) is 7.78. The van der Waals surface area contributed by atoms with Gasteiger partial charge in [0.05, 0.1) is 0 Å². The number of rotatable bonds is 5. The number of hydrogen-bond acceptors (Lipinski definition) is 3. The first-order valence-electron chi connectivity index (χ1n) is 7.37.